The lowest BCUT2D eigenvalue weighted by Gasteiger charge is -2.22. The Bertz CT molecular complexity index is 123. The highest BCUT2D eigenvalue weighted by molar-refractivity contribution is 14.1. The van der Waals surface area contributed by atoms with Gasteiger partial charge in [-0.05, 0) is 12.8 Å². The molecule has 66 valence electrons. The van der Waals surface area contributed by atoms with Crippen molar-refractivity contribution in [2.24, 2.45) is 5.41 Å². The monoisotopic (exact) mass is 270 g/mol. The van der Waals surface area contributed by atoms with Gasteiger partial charge in [-0.3, -0.25) is 0 Å². The van der Waals surface area contributed by atoms with E-state index in [1.54, 1.807) is 0 Å². The second-order valence-electron chi connectivity index (χ2n) is 3.30. The van der Waals surface area contributed by atoms with Crippen LogP contribution < -0.4 is 0 Å². The molecule has 0 unspecified atom stereocenters. The number of hydrogen-bond acceptors (Lipinski definition) is 2. The molecule has 11 heavy (non-hydrogen) atoms. The smallest absolute Gasteiger partial charge is 0.0671 e. The molecule has 2 atom stereocenters. The molecule has 2 nitrogen and oxygen atoms in total. The van der Waals surface area contributed by atoms with Gasteiger partial charge in [-0.2, -0.15) is 0 Å². The van der Waals surface area contributed by atoms with Gasteiger partial charge in [0.05, 0.1) is 19.3 Å². The maximum absolute atomic E-state index is 9.15. The molecule has 0 spiro atoms. The van der Waals surface area contributed by atoms with E-state index in [9.17, 15) is 0 Å². The number of ether oxygens (including phenoxy) is 1. The zero-order valence-corrected chi connectivity index (χ0v) is 9.00. The van der Waals surface area contributed by atoms with Gasteiger partial charge in [0, 0.05) is 9.84 Å². The van der Waals surface area contributed by atoms with Crippen molar-refractivity contribution in [3.8, 4) is 0 Å². The molecule has 0 saturated carbocycles. The molecule has 1 aliphatic rings. The van der Waals surface area contributed by atoms with Crippen molar-refractivity contribution < 1.29 is 9.84 Å². The molecule has 0 aromatic rings. The Morgan fingerprint density at radius 2 is 2.45 bits per heavy atom. The van der Waals surface area contributed by atoms with Crippen molar-refractivity contribution in [3.05, 3.63) is 0 Å². The van der Waals surface area contributed by atoms with Crippen LogP contribution in [0.2, 0.25) is 0 Å². The summed E-state index contributed by atoms with van der Waals surface area (Å²) in [6.45, 7) is 3.14. The summed E-state index contributed by atoms with van der Waals surface area (Å²) in [5.41, 5.74) is 0.0792. The number of halogens is 1. The summed E-state index contributed by atoms with van der Waals surface area (Å²) in [5, 5.41) is 9.15. The summed E-state index contributed by atoms with van der Waals surface area (Å²) in [6, 6.07) is 0. The fraction of sp³-hybridized carbons (Fsp3) is 1.00. The minimum Gasteiger partial charge on any atom is -0.396 e. The Hall–Kier alpha value is 0.650. The van der Waals surface area contributed by atoms with Crippen molar-refractivity contribution in [2.75, 3.05) is 17.6 Å². The molecule has 0 aliphatic carbocycles. The molecule has 1 fully saturated rings. The first-order chi connectivity index (χ1) is 5.26. The SMILES string of the molecule is CC[C@]1(CO)CO[C@H](CI)C1. The summed E-state index contributed by atoms with van der Waals surface area (Å²) in [7, 11) is 0. The quantitative estimate of drug-likeness (QED) is 0.623. The molecule has 1 N–H and O–H groups in total. The lowest BCUT2D eigenvalue weighted by atomic mass is 9.84. The average molecular weight is 270 g/mol. The Labute approximate surface area is 81.5 Å². The summed E-state index contributed by atoms with van der Waals surface area (Å²) in [6.07, 6.45) is 2.43. The first-order valence-corrected chi connectivity index (χ1v) is 5.57. The van der Waals surface area contributed by atoms with Crippen LogP contribution >= 0.6 is 22.6 Å². The van der Waals surface area contributed by atoms with Crippen LogP contribution in [-0.4, -0.2) is 28.9 Å². The molecule has 3 heteroatoms. The number of rotatable bonds is 3. The van der Waals surface area contributed by atoms with Crippen molar-refractivity contribution >= 4 is 22.6 Å². The largest absolute Gasteiger partial charge is 0.396 e. The lowest BCUT2D eigenvalue weighted by molar-refractivity contribution is 0.0770. The standard InChI is InChI=1S/C8H15IO2/c1-2-8(5-10)3-7(4-9)11-6-8/h7,10H,2-6H2,1H3/t7-,8-/m0/s1. The van der Waals surface area contributed by atoms with Crippen LogP contribution in [0.5, 0.6) is 0 Å². The molecule has 1 saturated heterocycles. The average Bonchev–Trinajstić information content (AvgIpc) is 2.49. The summed E-state index contributed by atoms with van der Waals surface area (Å²) < 4.78 is 6.57. The maximum Gasteiger partial charge on any atom is 0.0671 e. The molecular formula is C8H15IO2. The van der Waals surface area contributed by atoms with Gasteiger partial charge in [-0.25, -0.2) is 0 Å². The molecule has 0 bridgehead atoms. The van der Waals surface area contributed by atoms with E-state index in [1.165, 1.54) is 0 Å². The van der Waals surface area contributed by atoms with Crippen LogP contribution in [0.4, 0.5) is 0 Å². The van der Waals surface area contributed by atoms with Crippen LogP contribution in [0.25, 0.3) is 0 Å². The zero-order valence-electron chi connectivity index (χ0n) is 6.85. The highest BCUT2D eigenvalue weighted by atomic mass is 127. The Morgan fingerprint density at radius 1 is 1.73 bits per heavy atom. The summed E-state index contributed by atoms with van der Waals surface area (Å²) in [5.74, 6) is 0. The van der Waals surface area contributed by atoms with Crippen molar-refractivity contribution in [3.63, 3.8) is 0 Å². The number of alkyl halides is 1. The van der Waals surface area contributed by atoms with Gasteiger partial charge in [0.25, 0.3) is 0 Å². The number of hydrogen-bond donors (Lipinski definition) is 1. The van der Waals surface area contributed by atoms with Crippen molar-refractivity contribution in [1.82, 2.24) is 0 Å². The van der Waals surface area contributed by atoms with Crippen LogP contribution in [0.15, 0.2) is 0 Å². The minimum atomic E-state index is 0.0792. The minimum absolute atomic E-state index is 0.0792. The van der Waals surface area contributed by atoms with E-state index in [4.69, 9.17) is 9.84 Å². The molecule has 0 radical (unpaired) electrons. The maximum atomic E-state index is 9.15. The summed E-state index contributed by atoms with van der Waals surface area (Å²) in [4.78, 5) is 0. The molecule has 1 aliphatic heterocycles. The highest BCUT2D eigenvalue weighted by Gasteiger charge is 2.37. The predicted octanol–water partition coefficient (Wildman–Crippen LogP) is 1.60. The third kappa shape index (κ3) is 2.06. The van der Waals surface area contributed by atoms with Crippen molar-refractivity contribution in [2.45, 2.75) is 25.9 Å². The van der Waals surface area contributed by atoms with Crippen molar-refractivity contribution in [1.29, 1.82) is 0 Å². The van der Waals surface area contributed by atoms with E-state index in [1.807, 2.05) is 0 Å². The number of aliphatic hydroxyl groups excluding tert-OH is 1. The first-order valence-electron chi connectivity index (χ1n) is 4.05. The van der Waals surface area contributed by atoms with Crippen LogP contribution in [0, 0.1) is 5.41 Å². The lowest BCUT2D eigenvalue weighted by Crippen LogP contribution is -2.25. The van der Waals surface area contributed by atoms with Crippen LogP contribution in [0.1, 0.15) is 19.8 Å². The Balaban J connectivity index is 2.48. The second-order valence-corrected chi connectivity index (χ2v) is 4.18. The Kier molecular flexibility index (Phi) is 3.58. The van der Waals surface area contributed by atoms with Gasteiger partial charge in [0.1, 0.15) is 0 Å². The highest BCUT2D eigenvalue weighted by Crippen LogP contribution is 2.35. The van der Waals surface area contributed by atoms with E-state index in [2.05, 4.69) is 29.5 Å². The number of aliphatic hydroxyl groups is 1. The van der Waals surface area contributed by atoms with Crippen LogP contribution in [-0.2, 0) is 4.74 Å². The molecule has 0 amide bonds. The van der Waals surface area contributed by atoms with E-state index in [0.29, 0.717) is 6.10 Å². The fourth-order valence-electron chi connectivity index (χ4n) is 1.46. The molecular weight excluding hydrogens is 255 g/mol. The molecule has 0 aromatic heterocycles. The van der Waals surface area contributed by atoms with Gasteiger partial charge in [0.2, 0.25) is 0 Å². The first kappa shape index (κ1) is 9.74. The third-order valence-corrected chi connectivity index (χ3v) is 3.53. The second kappa shape index (κ2) is 4.05. The third-order valence-electron chi connectivity index (χ3n) is 2.54. The normalized spacial score (nSPS) is 37.9. The van der Waals surface area contributed by atoms with E-state index in [-0.39, 0.29) is 12.0 Å². The zero-order chi connectivity index (χ0) is 8.32. The van der Waals surface area contributed by atoms with Gasteiger partial charge in [-0.15, -0.1) is 0 Å². The van der Waals surface area contributed by atoms with E-state index in [0.717, 1.165) is 23.9 Å². The topological polar surface area (TPSA) is 29.5 Å². The molecule has 1 heterocycles. The van der Waals surface area contributed by atoms with E-state index >= 15 is 0 Å². The summed E-state index contributed by atoms with van der Waals surface area (Å²) >= 11 is 2.33. The molecule has 0 aromatic carbocycles. The van der Waals surface area contributed by atoms with E-state index < -0.39 is 0 Å². The van der Waals surface area contributed by atoms with Gasteiger partial charge in [-0.1, -0.05) is 29.5 Å². The van der Waals surface area contributed by atoms with Gasteiger partial charge in [0.15, 0.2) is 0 Å². The molecule has 1 rings (SSSR count). The van der Waals surface area contributed by atoms with Crippen LogP contribution in [0.3, 0.4) is 0 Å². The Morgan fingerprint density at radius 3 is 2.73 bits per heavy atom. The van der Waals surface area contributed by atoms with Gasteiger partial charge >= 0.3 is 0 Å². The fourth-order valence-corrected chi connectivity index (χ4v) is 2.03. The predicted molar refractivity (Wildman–Crippen MR) is 53.1 cm³/mol. The van der Waals surface area contributed by atoms with Gasteiger partial charge < -0.3 is 9.84 Å².